The molecule has 3 unspecified atom stereocenters. The zero-order chi connectivity index (χ0) is 14.5. The molecule has 1 rings (SSSR count). The van der Waals surface area contributed by atoms with Crippen molar-refractivity contribution in [2.45, 2.75) is 64.7 Å². The number of likely N-dealkylation sites (N-methyl/N-ethyl adjacent to an activating group) is 1. The first-order valence-corrected chi connectivity index (χ1v) is 7.41. The van der Waals surface area contributed by atoms with Crippen molar-refractivity contribution in [1.82, 2.24) is 10.2 Å². The second kappa shape index (κ2) is 7.48. The summed E-state index contributed by atoms with van der Waals surface area (Å²) >= 11 is 0. The fraction of sp³-hybridized carbons (Fsp3) is 1.00. The quantitative estimate of drug-likeness (QED) is 0.802. The van der Waals surface area contributed by atoms with E-state index in [-0.39, 0.29) is 18.5 Å². The van der Waals surface area contributed by atoms with Crippen molar-refractivity contribution < 1.29 is 13.2 Å². The Morgan fingerprint density at radius 3 is 2.37 bits per heavy atom. The summed E-state index contributed by atoms with van der Waals surface area (Å²) in [6.45, 7) is 9.15. The molecule has 5 heteroatoms. The molecule has 0 radical (unpaired) electrons. The van der Waals surface area contributed by atoms with Gasteiger partial charge in [-0.05, 0) is 39.3 Å². The molecule has 19 heavy (non-hydrogen) atoms. The van der Waals surface area contributed by atoms with Gasteiger partial charge in [0.1, 0.15) is 0 Å². The lowest BCUT2D eigenvalue weighted by Crippen LogP contribution is -2.46. The van der Waals surface area contributed by atoms with Crippen LogP contribution in [0.2, 0.25) is 0 Å². The van der Waals surface area contributed by atoms with Crippen LogP contribution in [0, 0.1) is 5.92 Å². The van der Waals surface area contributed by atoms with Gasteiger partial charge in [0.25, 0.3) is 0 Å². The zero-order valence-electron chi connectivity index (χ0n) is 12.3. The maximum atomic E-state index is 12.7. The molecule has 0 aromatic carbocycles. The predicted octanol–water partition coefficient (Wildman–Crippen LogP) is 3.43. The lowest BCUT2D eigenvalue weighted by atomic mass is 9.85. The minimum absolute atomic E-state index is 0.0194. The van der Waals surface area contributed by atoms with E-state index in [1.165, 1.54) is 0 Å². The molecule has 114 valence electrons. The molecule has 1 aliphatic carbocycles. The topological polar surface area (TPSA) is 15.3 Å². The van der Waals surface area contributed by atoms with Crippen molar-refractivity contribution in [3.05, 3.63) is 0 Å². The van der Waals surface area contributed by atoms with E-state index in [0.29, 0.717) is 12.8 Å². The van der Waals surface area contributed by atoms with Crippen LogP contribution in [-0.4, -0.2) is 42.8 Å². The molecule has 0 heterocycles. The highest BCUT2D eigenvalue weighted by Gasteiger charge is 2.42. The zero-order valence-corrected chi connectivity index (χ0v) is 12.3. The summed E-state index contributed by atoms with van der Waals surface area (Å²) in [5.74, 6) is -1.11. The van der Waals surface area contributed by atoms with E-state index < -0.39 is 12.1 Å². The molecular formula is C14H27F3N2. The summed E-state index contributed by atoms with van der Waals surface area (Å²) in [6, 6.07) is 0.267. The fourth-order valence-corrected chi connectivity index (χ4v) is 2.96. The molecule has 2 nitrogen and oxygen atoms in total. The van der Waals surface area contributed by atoms with E-state index in [4.69, 9.17) is 0 Å². The number of rotatable bonds is 6. The Labute approximate surface area is 114 Å². The Kier molecular flexibility index (Phi) is 6.60. The molecule has 0 amide bonds. The van der Waals surface area contributed by atoms with E-state index in [9.17, 15) is 13.2 Å². The summed E-state index contributed by atoms with van der Waals surface area (Å²) in [4.78, 5) is 2.29. The van der Waals surface area contributed by atoms with E-state index in [1.54, 1.807) is 0 Å². The average Bonchev–Trinajstić information content (AvgIpc) is 2.35. The van der Waals surface area contributed by atoms with Crippen molar-refractivity contribution >= 4 is 0 Å². The van der Waals surface area contributed by atoms with E-state index in [0.717, 1.165) is 26.1 Å². The summed E-state index contributed by atoms with van der Waals surface area (Å²) in [6.07, 6.45) is -1.93. The Bertz CT molecular complexity index is 252. The molecule has 1 aliphatic rings. The summed E-state index contributed by atoms with van der Waals surface area (Å²) in [5, 5.41) is 3.38. The number of hydrogen-bond donors (Lipinski definition) is 1. The first kappa shape index (κ1) is 16.8. The van der Waals surface area contributed by atoms with Gasteiger partial charge in [0.05, 0.1) is 5.92 Å². The van der Waals surface area contributed by atoms with Crippen LogP contribution in [0.15, 0.2) is 0 Å². The van der Waals surface area contributed by atoms with E-state index >= 15 is 0 Å². The Balaban J connectivity index is 2.39. The Morgan fingerprint density at radius 2 is 1.84 bits per heavy atom. The molecule has 1 saturated carbocycles. The lowest BCUT2D eigenvalue weighted by molar-refractivity contribution is -0.183. The molecule has 0 aromatic rings. The maximum Gasteiger partial charge on any atom is 0.391 e. The van der Waals surface area contributed by atoms with Crippen LogP contribution < -0.4 is 5.32 Å². The minimum atomic E-state index is -4.03. The summed E-state index contributed by atoms with van der Waals surface area (Å²) < 4.78 is 38.2. The number of halogens is 3. The maximum absolute atomic E-state index is 12.7. The van der Waals surface area contributed by atoms with Gasteiger partial charge in [-0.2, -0.15) is 13.2 Å². The van der Waals surface area contributed by atoms with Crippen molar-refractivity contribution in [2.24, 2.45) is 5.92 Å². The third-order valence-electron chi connectivity index (χ3n) is 4.08. The highest BCUT2D eigenvalue weighted by molar-refractivity contribution is 4.83. The smallest absolute Gasteiger partial charge is 0.310 e. The van der Waals surface area contributed by atoms with Crippen LogP contribution in [-0.2, 0) is 0 Å². The number of nitrogens with zero attached hydrogens (tertiary/aromatic N) is 1. The van der Waals surface area contributed by atoms with Gasteiger partial charge in [0, 0.05) is 18.6 Å². The van der Waals surface area contributed by atoms with Crippen LogP contribution in [0.25, 0.3) is 0 Å². The normalized spacial score (nSPS) is 26.7. The number of hydrogen-bond acceptors (Lipinski definition) is 2. The van der Waals surface area contributed by atoms with Crippen molar-refractivity contribution in [3.63, 3.8) is 0 Å². The van der Waals surface area contributed by atoms with Gasteiger partial charge in [-0.3, -0.25) is 0 Å². The SMILES string of the molecule is CCN(CC)CC(C)NC1CCCC(C(F)(F)F)C1. The Hall–Kier alpha value is -0.290. The van der Waals surface area contributed by atoms with Crippen molar-refractivity contribution in [2.75, 3.05) is 19.6 Å². The first-order chi connectivity index (χ1) is 8.86. The third-order valence-corrected chi connectivity index (χ3v) is 4.08. The van der Waals surface area contributed by atoms with Crippen LogP contribution in [0.1, 0.15) is 46.5 Å². The monoisotopic (exact) mass is 280 g/mol. The van der Waals surface area contributed by atoms with Crippen LogP contribution in [0.4, 0.5) is 13.2 Å². The molecule has 0 aromatic heterocycles. The molecular weight excluding hydrogens is 253 g/mol. The molecule has 0 bridgehead atoms. The van der Waals surface area contributed by atoms with E-state index in [1.807, 2.05) is 0 Å². The molecule has 1 N–H and O–H groups in total. The highest BCUT2D eigenvalue weighted by atomic mass is 19.4. The van der Waals surface area contributed by atoms with Crippen LogP contribution >= 0.6 is 0 Å². The van der Waals surface area contributed by atoms with Gasteiger partial charge in [0.2, 0.25) is 0 Å². The van der Waals surface area contributed by atoms with Crippen LogP contribution in [0.3, 0.4) is 0 Å². The fourth-order valence-electron chi connectivity index (χ4n) is 2.96. The van der Waals surface area contributed by atoms with Gasteiger partial charge < -0.3 is 10.2 Å². The van der Waals surface area contributed by atoms with Gasteiger partial charge >= 0.3 is 6.18 Å². The minimum Gasteiger partial charge on any atom is -0.310 e. The van der Waals surface area contributed by atoms with Crippen molar-refractivity contribution in [3.8, 4) is 0 Å². The Morgan fingerprint density at radius 1 is 1.21 bits per heavy atom. The lowest BCUT2D eigenvalue weighted by Gasteiger charge is -2.34. The molecule has 0 saturated heterocycles. The molecule has 0 spiro atoms. The second-order valence-electron chi connectivity index (χ2n) is 5.66. The third kappa shape index (κ3) is 5.69. The number of nitrogens with one attached hydrogen (secondary N) is 1. The molecule has 1 fully saturated rings. The average molecular weight is 280 g/mol. The van der Waals surface area contributed by atoms with Gasteiger partial charge in [-0.1, -0.05) is 20.3 Å². The summed E-state index contributed by atoms with van der Waals surface area (Å²) in [7, 11) is 0. The van der Waals surface area contributed by atoms with E-state index in [2.05, 4.69) is 31.0 Å². The highest BCUT2D eigenvalue weighted by Crippen LogP contribution is 2.37. The van der Waals surface area contributed by atoms with Gasteiger partial charge in [-0.15, -0.1) is 0 Å². The van der Waals surface area contributed by atoms with Gasteiger partial charge in [-0.25, -0.2) is 0 Å². The predicted molar refractivity (Wildman–Crippen MR) is 72.2 cm³/mol. The molecule has 0 aliphatic heterocycles. The summed E-state index contributed by atoms with van der Waals surface area (Å²) in [5.41, 5.74) is 0. The van der Waals surface area contributed by atoms with Gasteiger partial charge in [0.15, 0.2) is 0 Å². The largest absolute Gasteiger partial charge is 0.391 e. The molecule has 3 atom stereocenters. The second-order valence-corrected chi connectivity index (χ2v) is 5.66. The standard InChI is InChI=1S/C14H27F3N2/c1-4-19(5-2)10-11(3)18-13-8-6-7-12(9-13)14(15,16)17/h11-13,18H,4-10H2,1-3H3. The number of alkyl halides is 3. The first-order valence-electron chi connectivity index (χ1n) is 7.41. The van der Waals surface area contributed by atoms with Crippen LogP contribution in [0.5, 0.6) is 0 Å². The van der Waals surface area contributed by atoms with Crippen molar-refractivity contribution in [1.29, 1.82) is 0 Å².